The molecule has 1 atom stereocenters. The molecule has 0 aliphatic carbocycles. The maximum atomic E-state index is 12.3. The Morgan fingerprint density at radius 2 is 2.41 bits per heavy atom. The number of H-pyrrole nitrogens is 1. The van der Waals surface area contributed by atoms with Gasteiger partial charge in [-0.05, 0) is 13.0 Å². The van der Waals surface area contributed by atoms with Crippen LogP contribution in [0.5, 0.6) is 0 Å². The molecule has 0 amide bonds. The second-order valence-electron chi connectivity index (χ2n) is 4.04. The minimum atomic E-state index is -3.42. The van der Waals surface area contributed by atoms with Crippen LogP contribution in [0.1, 0.15) is 12.6 Å². The number of alkyl halides is 1. The van der Waals surface area contributed by atoms with Crippen molar-refractivity contribution in [1.82, 2.24) is 9.29 Å². The first-order valence-electron chi connectivity index (χ1n) is 5.39. The maximum absolute atomic E-state index is 12.3. The Labute approximate surface area is 106 Å². The topological polar surface area (TPSA) is 62.4 Å². The van der Waals surface area contributed by atoms with Crippen LogP contribution in [0.15, 0.2) is 17.2 Å². The maximum Gasteiger partial charge on any atom is 0.244 e. The van der Waals surface area contributed by atoms with E-state index in [1.807, 2.05) is 6.92 Å². The van der Waals surface area contributed by atoms with E-state index in [1.165, 1.54) is 10.5 Å². The zero-order chi connectivity index (χ0) is 12.5. The quantitative estimate of drug-likeness (QED) is 0.844. The zero-order valence-corrected chi connectivity index (χ0v) is 11.1. The van der Waals surface area contributed by atoms with Crippen molar-refractivity contribution < 1.29 is 13.2 Å². The molecule has 1 unspecified atom stereocenters. The van der Waals surface area contributed by atoms with Crippen LogP contribution in [0, 0.1) is 0 Å². The van der Waals surface area contributed by atoms with E-state index in [0.29, 0.717) is 25.4 Å². The summed E-state index contributed by atoms with van der Waals surface area (Å²) < 4.78 is 31.3. The largest absolute Gasteiger partial charge is 0.376 e. The molecule has 17 heavy (non-hydrogen) atoms. The SMILES string of the molecule is CC1CN(S(=O)(=O)c2c[nH]c(CCl)c2)CCO1. The number of rotatable bonds is 3. The van der Waals surface area contributed by atoms with Gasteiger partial charge in [0.2, 0.25) is 10.0 Å². The molecule has 1 fully saturated rings. The number of halogens is 1. The Morgan fingerprint density at radius 1 is 1.65 bits per heavy atom. The van der Waals surface area contributed by atoms with Crippen LogP contribution in [0.25, 0.3) is 0 Å². The van der Waals surface area contributed by atoms with Crippen molar-refractivity contribution in [3.63, 3.8) is 0 Å². The number of nitrogens with zero attached hydrogens (tertiary/aromatic N) is 1. The van der Waals surface area contributed by atoms with E-state index in [4.69, 9.17) is 16.3 Å². The van der Waals surface area contributed by atoms with Gasteiger partial charge in [-0.25, -0.2) is 8.42 Å². The van der Waals surface area contributed by atoms with E-state index < -0.39 is 10.0 Å². The molecule has 0 radical (unpaired) electrons. The van der Waals surface area contributed by atoms with Crippen LogP contribution in [-0.2, 0) is 20.6 Å². The van der Waals surface area contributed by atoms with E-state index in [1.54, 1.807) is 6.07 Å². The molecular weight excluding hydrogens is 264 g/mol. The summed E-state index contributed by atoms with van der Waals surface area (Å²) in [5, 5.41) is 0. The minimum absolute atomic E-state index is 0.0648. The van der Waals surface area contributed by atoms with Crippen LogP contribution in [-0.4, -0.2) is 43.5 Å². The molecule has 1 N–H and O–H groups in total. The molecule has 1 aliphatic rings. The third-order valence-electron chi connectivity index (χ3n) is 2.70. The van der Waals surface area contributed by atoms with Gasteiger partial charge in [-0.3, -0.25) is 0 Å². The third-order valence-corrected chi connectivity index (χ3v) is 4.83. The monoisotopic (exact) mass is 278 g/mol. The summed E-state index contributed by atoms with van der Waals surface area (Å²) in [6.45, 7) is 3.09. The van der Waals surface area contributed by atoms with Crippen LogP contribution in [0.3, 0.4) is 0 Å². The molecule has 5 nitrogen and oxygen atoms in total. The standard InChI is InChI=1S/C10H15ClN2O3S/c1-8-7-13(2-3-16-8)17(14,15)10-4-9(5-11)12-6-10/h4,6,8,12H,2-3,5,7H2,1H3. The first kappa shape index (κ1) is 12.9. The van der Waals surface area contributed by atoms with Gasteiger partial charge in [0.25, 0.3) is 0 Å². The lowest BCUT2D eigenvalue weighted by molar-refractivity contribution is 0.0102. The molecule has 7 heteroatoms. The Bertz CT molecular complexity index is 485. The molecule has 0 aromatic carbocycles. The number of hydrogen-bond donors (Lipinski definition) is 1. The van der Waals surface area contributed by atoms with Crippen molar-refractivity contribution in [2.75, 3.05) is 19.7 Å². The van der Waals surface area contributed by atoms with Gasteiger partial charge in [0.15, 0.2) is 0 Å². The molecule has 1 aromatic rings. The van der Waals surface area contributed by atoms with Gasteiger partial charge in [-0.1, -0.05) is 0 Å². The number of aromatic nitrogens is 1. The number of nitrogens with one attached hydrogen (secondary N) is 1. The van der Waals surface area contributed by atoms with Crippen LogP contribution >= 0.6 is 11.6 Å². The number of sulfonamides is 1. The second-order valence-corrected chi connectivity index (χ2v) is 6.24. The molecule has 0 spiro atoms. The number of morpholine rings is 1. The molecule has 96 valence electrons. The first-order chi connectivity index (χ1) is 8.04. The number of hydrogen-bond acceptors (Lipinski definition) is 3. The highest BCUT2D eigenvalue weighted by Gasteiger charge is 2.29. The van der Waals surface area contributed by atoms with Crippen molar-refractivity contribution in [3.8, 4) is 0 Å². The smallest absolute Gasteiger partial charge is 0.244 e. The first-order valence-corrected chi connectivity index (χ1v) is 7.36. The second kappa shape index (κ2) is 4.97. The molecule has 2 rings (SSSR count). The van der Waals surface area contributed by atoms with E-state index >= 15 is 0 Å². The van der Waals surface area contributed by atoms with Crippen molar-refractivity contribution in [1.29, 1.82) is 0 Å². The van der Waals surface area contributed by atoms with E-state index in [0.717, 1.165) is 0 Å². The fourth-order valence-corrected chi connectivity index (χ4v) is 3.47. The fourth-order valence-electron chi connectivity index (χ4n) is 1.80. The lowest BCUT2D eigenvalue weighted by atomic mass is 10.3. The predicted molar refractivity (Wildman–Crippen MR) is 64.5 cm³/mol. The lowest BCUT2D eigenvalue weighted by Crippen LogP contribution is -2.44. The van der Waals surface area contributed by atoms with Crippen molar-refractivity contribution >= 4 is 21.6 Å². The van der Waals surface area contributed by atoms with Gasteiger partial charge in [0.05, 0.1) is 23.5 Å². The summed E-state index contributed by atoms with van der Waals surface area (Å²) in [4.78, 5) is 3.11. The number of aromatic amines is 1. The lowest BCUT2D eigenvalue weighted by Gasteiger charge is -2.29. The Balaban J connectivity index is 2.23. The Hall–Kier alpha value is -0.560. The summed E-state index contributed by atoms with van der Waals surface area (Å²) in [6.07, 6.45) is 1.41. The molecule has 2 heterocycles. The normalized spacial score (nSPS) is 22.8. The highest BCUT2D eigenvalue weighted by atomic mass is 35.5. The van der Waals surface area contributed by atoms with Gasteiger partial charge in [-0.15, -0.1) is 11.6 Å². The molecule has 1 aliphatic heterocycles. The van der Waals surface area contributed by atoms with Crippen LogP contribution in [0.2, 0.25) is 0 Å². The zero-order valence-electron chi connectivity index (χ0n) is 9.52. The Kier molecular flexibility index (Phi) is 3.77. The highest BCUT2D eigenvalue weighted by molar-refractivity contribution is 7.89. The number of ether oxygens (including phenoxy) is 1. The van der Waals surface area contributed by atoms with Crippen LogP contribution in [0.4, 0.5) is 0 Å². The Morgan fingerprint density at radius 3 is 3.00 bits per heavy atom. The van der Waals surface area contributed by atoms with Gasteiger partial charge < -0.3 is 9.72 Å². The third kappa shape index (κ3) is 2.65. The summed E-state index contributed by atoms with van der Waals surface area (Å²) >= 11 is 5.64. The van der Waals surface area contributed by atoms with Crippen molar-refractivity contribution in [3.05, 3.63) is 18.0 Å². The molecule has 1 aromatic heterocycles. The van der Waals surface area contributed by atoms with Gasteiger partial charge in [-0.2, -0.15) is 4.31 Å². The van der Waals surface area contributed by atoms with Crippen LogP contribution < -0.4 is 0 Å². The highest BCUT2D eigenvalue weighted by Crippen LogP contribution is 2.20. The van der Waals surface area contributed by atoms with Gasteiger partial charge in [0.1, 0.15) is 0 Å². The van der Waals surface area contributed by atoms with Crippen molar-refractivity contribution in [2.24, 2.45) is 0 Å². The minimum Gasteiger partial charge on any atom is -0.376 e. The fraction of sp³-hybridized carbons (Fsp3) is 0.600. The summed E-state index contributed by atoms with van der Waals surface area (Å²) in [5.41, 5.74) is 0.701. The van der Waals surface area contributed by atoms with Gasteiger partial charge >= 0.3 is 0 Å². The summed E-state index contributed by atoms with van der Waals surface area (Å²) in [5.74, 6) is 0.273. The summed E-state index contributed by atoms with van der Waals surface area (Å²) in [6, 6.07) is 1.57. The molecule has 0 bridgehead atoms. The molecular formula is C10H15ClN2O3S. The summed E-state index contributed by atoms with van der Waals surface area (Å²) in [7, 11) is -3.42. The predicted octanol–water partition coefficient (Wildman–Crippen LogP) is 1.16. The van der Waals surface area contributed by atoms with E-state index in [9.17, 15) is 8.42 Å². The van der Waals surface area contributed by atoms with Gasteiger partial charge in [0, 0.05) is 25.0 Å². The average Bonchev–Trinajstić information content (AvgIpc) is 2.78. The molecule has 0 saturated carbocycles. The average molecular weight is 279 g/mol. The molecule has 1 saturated heterocycles. The van der Waals surface area contributed by atoms with Crippen molar-refractivity contribution in [2.45, 2.75) is 23.8 Å². The van der Waals surface area contributed by atoms with E-state index in [2.05, 4.69) is 4.98 Å². The van der Waals surface area contributed by atoms with E-state index in [-0.39, 0.29) is 16.9 Å².